The van der Waals surface area contributed by atoms with Crippen LogP contribution < -0.4 is 0 Å². The maximum Gasteiger partial charge on any atom is 0.124 e. The fraction of sp³-hybridized carbons (Fsp3) is 0. The third-order valence-electron chi connectivity index (χ3n) is 7.23. The first-order valence-electron chi connectivity index (χ1n) is 12.8. The first-order valence-corrected chi connectivity index (χ1v) is 14.6. The molecule has 0 N–H and O–H groups in total. The minimum Gasteiger partial charge on any atom is -0.309 e. The Balaban J connectivity index is 1.28. The molecule has 4 heterocycles. The average molecular weight is 536 g/mol. The van der Waals surface area contributed by atoms with Gasteiger partial charge in [0.05, 0.1) is 26.9 Å². The molecule has 0 aliphatic carbocycles. The second kappa shape index (κ2) is 9.02. The van der Waals surface area contributed by atoms with Crippen molar-refractivity contribution in [2.24, 2.45) is 0 Å². The van der Waals surface area contributed by atoms with E-state index < -0.39 is 0 Å². The number of para-hydroxylation sites is 2. The Labute approximate surface area is 233 Å². The van der Waals surface area contributed by atoms with Gasteiger partial charge in [-0.3, -0.25) is 4.98 Å². The summed E-state index contributed by atoms with van der Waals surface area (Å²) in [6.07, 6.45) is 1.97. The molecule has 0 aliphatic rings. The second-order valence-corrected chi connectivity index (χ2v) is 11.4. The molecule has 4 aromatic carbocycles. The van der Waals surface area contributed by atoms with E-state index in [1.54, 1.807) is 22.7 Å². The number of pyridine rings is 1. The Kier molecular flexibility index (Phi) is 5.18. The predicted molar refractivity (Wildman–Crippen MR) is 166 cm³/mol. The first kappa shape index (κ1) is 22.4. The molecule has 0 bridgehead atoms. The van der Waals surface area contributed by atoms with Gasteiger partial charge in [0.2, 0.25) is 0 Å². The Hall–Kier alpha value is -4.58. The minimum absolute atomic E-state index is 0.965. The molecule has 0 fully saturated rings. The van der Waals surface area contributed by atoms with Crippen LogP contribution in [-0.4, -0.2) is 14.5 Å². The molecule has 0 radical (unpaired) electrons. The standard InChI is InChI=1S/C34H21N3S2/c1-3-10-31-27(8-1)28-14-12-23(34-36-30-9-2-4-11-33(30)39-34)19-32(28)37(31)26-7-5-6-22(18-26)29-15-13-24(20-35-29)25-16-17-38-21-25/h1-21H. The predicted octanol–water partition coefficient (Wildman–Crippen LogP) is 9.85. The number of benzene rings is 4. The van der Waals surface area contributed by atoms with Crippen molar-refractivity contribution in [2.75, 3.05) is 0 Å². The largest absolute Gasteiger partial charge is 0.309 e. The van der Waals surface area contributed by atoms with Gasteiger partial charge in [-0.2, -0.15) is 11.3 Å². The van der Waals surface area contributed by atoms with Crippen molar-refractivity contribution in [3.63, 3.8) is 0 Å². The van der Waals surface area contributed by atoms with Crippen LogP contribution >= 0.6 is 22.7 Å². The molecule has 5 heteroatoms. The lowest BCUT2D eigenvalue weighted by atomic mass is 10.1. The van der Waals surface area contributed by atoms with E-state index in [-0.39, 0.29) is 0 Å². The molecule has 0 aliphatic heterocycles. The van der Waals surface area contributed by atoms with Gasteiger partial charge in [-0.1, -0.05) is 60.7 Å². The minimum atomic E-state index is 0.965. The van der Waals surface area contributed by atoms with Crippen molar-refractivity contribution in [2.45, 2.75) is 0 Å². The van der Waals surface area contributed by atoms with Gasteiger partial charge in [-0.25, -0.2) is 4.98 Å². The number of thiazole rings is 1. The number of aromatic nitrogens is 3. The number of hydrogen-bond donors (Lipinski definition) is 0. The van der Waals surface area contributed by atoms with Crippen LogP contribution in [0.25, 0.3) is 70.7 Å². The van der Waals surface area contributed by atoms with Gasteiger partial charge in [0.15, 0.2) is 0 Å². The topological polar surface area (TPSA) is 30.7 Å². The van der Waals surface area contributed by atoms with Gasteiger partial charge in [0, 0.05) is 39.3 Å². The molecule has 0 amide bonds. The van der Waals surface area contributed by atoms with E-state index in [0.29, 0.717) is 0 Å². The Morgan fingerprint density at radius 1 is 0.615 bits per heavy atom. The number of rotatable bonds is 4. The quantitative estimate of drug-likeness (QED) is 0.224. The smallest absolute Gasteiger partial charge is 0.124 e. The molecule has 0 atom stereocenters. The molecule has 8 rings (SSSR count). The van der Waals surface area contributed by atoms with Gasteiger partial charge in [-0.05, 0) is 64.9 Å². The van der Waals surface area contributed by atoms with Crippen molar-refractivity contribution in [1.82, 2.24) is 14.5 Å². The van der Waals surface area contributed by atoms with E-state index in [2.05, 4.69) is 118 Å². The molecule has 0 saturated heterocycles. The van der Waals surface area contributed by atoms with Crippen molar-refractivity contribution in [3.05, 3.63) is 126 Å². The lowest BCUT2D eigenvalue weighted by Gasteiger charge is -2.11. The highest BCUT2D eigenvalue weighted by molar-refractivity contribution is 7.21. The highest BCUT2D eigenvalue weighted by Crippen LogP contribution is 2.37. The van der Waals surface area contributed by atoms with Crippen LogP contribution in [0.4, 0.5) is 0 Å². The molecule has 8 aromatic rings. The van der Waals surface area contributed by atoms with Crippen molar-refractivity contribution >= 4 is 54.7 Å². The van der Waals surface area contributed by atoms with Gasteiger partial charge in [0.1, 0.15) is 5.01 Å². The van der Waals surface area contributed by atoms with Crippen LogP contribution in [0.15, 0.2) is 126 Å². The molecule has 0 unspecified atom stereocenters. The lowest BCUT2D eigenvalue weighted by molar-refractivity contribution is 1.18. The highest BCUT2D eigenvalue weighted by atomic mass is 32.1. The Bertz CT molecular complexity index is 2080. The molecule has 184 valence electrons. The van der Waals surface area contributed by atoms with Crippen LogP contribution in [0.2, 0.25) is 0 Å². The van der Waals surface area contributed by atoms with Crippen LogP contribution in [-0.2, 0) is 0 Å². The van der Waals surface area contributed by atoms with E-state index in [1.807, 2.05) is 12.3 Å². The first-order chi connectivity index (χ1) is 19.3. The van der Waals surface area contributed by atoms with Crippen LogP contribution in [0.3, 0.4) is 0 Å². The summed E-state index contributed by atoms with van der Waals surface area (Å²) in [7, 11) is 0. The summed E-state index contributed by atoms with van der Waals surface area (Å²) in [5.74, 6) is 0. The summed E-state index contributed by atoms with van der Waals surface area (Å²) in [5.41, 5.74) is 10.1. The van der Waals surface area contributed by atoms with Crippen LogP contribution in [0.1, 0.15) is 0 Å². The van der Waals surface area contributed by atoms with E-state index in [4.69, 9.17) is 9.97 Å². The maximum absolute atomic E-state index is 4.93. The molecular weight excluding hydrogens is 515 g/mol. The molecule has 3 nitrogen and oxygen atoms in total. The number of fused-ring (bicyclic) bond motifs is 4. The fourth-order valence-electron chi connectivity index (χ4n) is 5.35. The molecule has 39 heavy (non-hydrogen) atoms. The van der Waals surface area contributed by atoms with Crippen molar-refractivity contribution in [1.29, 1.82) is 0 Å². The zero-order chi connectivity index (χ0) is 25.8. The van der Waals surface area contributed by atoms with E-state index in [0.717, 1.165) is 38.6 Å². The van der Waals surface area contributed by atoms with E-state index in [9.17, 15) is 0 Å². The molecule has 4 aromatic heterocycles. The van der Waals surface area contributed by atoms with Crippen LogP contribution in [0.5, 0.6) is 0 Å². The highest BCUT2D eigenvalue weighted by Gasteiger charge is 2.15. The number of nitrogens with zero attached hydrogens (tertiary/aromatic N) is 3. The summed E-state index contributed by atoms with van der Waals surface area (Å²) < 4.78 is 3.57. The second-order valence-electron chi connectivity index (χ2n) is 9.57. The van der Waals surface area contributed by atoms with Gasteiger partial charge in [0.25, 0.3) is 0 Å². The molecule has 0 spiro atoms. The van der Waals surface area contributed by atoms with Gasteiger partial charge < -0.3 is 4.57 Å². The number of thiophene rings is 1. The average Bonchev–Trinajstić information content (AvgIpc) is 3.75. The summed E-state index contributed by atoms with van der Waals surface area (Å²) in [6, 6.07) is 38.8. The Morgan fingerprint density at radius 3 is 2.36 bits per heavy atom. The van der Waals surface area contributed by atoms with Gasteiger partial charge >= 0.3 is 0 Å². The monoisotopic (exact) mass is 535 g/mol. The van der Waals surface area contributed by atoms with Gasteiger partial charge in [-0.15, -0.1) is 11.3 Å². The Morgan fingerprint density at radius 2 is 1.49 bits per heavy atom. The summed E-state index contributed by atoms with van der Waals surface area (Å²) in [6.45, 7) is 0. The van der Waals surface area contributed by atoms with Crippen molar-refractivity contribution in [3.8, 4) is 38.6 Å². The SMILES string of the molecule is c1cc(-c2ccc(-c3ccsc3)cn2)cc(-n2c3ccccc3c3ccc(-c4nc5ccccc5s4)cc32)c1. The molecular formula is C34H21N3S2. The summed E-state index contributed by atoms with van der Waals surface area (Å²) in [5, 5.41) is 7.77. The fourth-order valence-corrected chi connectivity index (χ4v) is 6.97. The van der Waals surface area contributed by atoms with E-state index >= 15 is 0 Å². The third kappa shape index (κ3) is 3.78. The molecule has 0 saturated carbocycles. The third-order valence-corrected chi connectivity index (χ3v) is 9.00. The van der Waals surface area contributed by atoms with Crippen LogP contribution in [0, 0.1) is 0 Å². The summed E-state index contributed by atoms with van der Waals surface area (Å²) >= 11 is 3.44. The zero-order valence-corrected chi connectivity index (χ0v) is 22.4. The zero-order valence-electron chi connectivity index (χ0n) is 20.8. The number of hydrogen-bond acceptors (Lipinski definition) is 4. The lowest BCUT2D eigenvalue weighted by Crippen LogP contribution is -1.95. The van der Waals surface area contributed by atoms with E-state index in [1.165, 1.54) is 32.1 Å². The van der Waals surface area contributed by atoms with Crippen molar-refractivity contribution < 1.29 is 0 Å². The normalized spacial score (nSPS) is 11.6. The summed E-state index contributed by atoms with van der Waals surface area (Å²) in [4.78, 5) is 9.74. The maximum atomic E-state index is 4.93.